The van der Waals surface area contributed by atoms with Gasteiger partial charge in [0.15, 0.2) is 6.61 Å². The van der Waals surface area contributed by atoms with Gasteiger partial charge in [0.05, 0.1) is 25.3 Å². The van der Waals surface area contributed by atoms with Gasteiger partial charge in [-0.05, 0) is 62.7 Å². The first-order valence-electron chi connectivity index (χ1n) is 10.3. The van der Waals surface area contributed by atoms with Crippen LogP contribution in [0.5, 0.6) is 11.5 Å². The molecule has 0 saturated carbocycles. The molecular formula is C23H29N3O7S. The van der Waals surface area contributed by atoms with Gasteiger partial charge in [-0.15, -0.1) is 0 Å². The van der Waals surface area contributed by atoms with E-state index < -0.39 is 34.0 Å². The van der Waals surface area contributed by atoms with Crippen LogP contribution in [0.3, 0.4) is 0 Å². The minimum atomic E-state index is -3.76. The maximum Gasteiger partial charge on any atom is 0.344 e. The van der Waals surface area contributed by atoms with E-state index in [2.05, 4.69) is 10.5 Å². The predicted molar refractivity (Wildman–Crippen MR) is 129 cm³/mol. The van der Waals surface area contributed by atoms with Gasteiger partial charge in [0, 0.05) is 0 Å². The zero-order chi connectivity index (χ0) is 25.4. The Balaban J connectivity index is 1.94. The molecule has 0 fully saturated rings. The van der Waals surface area contributed by atoms with E-state index in [4.69, 9.17) is 14.2 Å². The Morgan fingerprint density at radius 1 is 1.09 bits per heavy atom. The topological polar surface area (TPSA) is 124 Å². The lowest BCUT2D eigenvalue weighted by Crippen LogP contribution is -2.39. The molecule has 2 aromatic rings. The largest absolute Gasteiger partial charge is 0.495 e. The summed E-state index contributed by atoms with van der Waals surface area (Å²) in [6, 6.07) is 13.1. The number of hydrogen-bond donors (Lipinski definition) is 1. The molecule has 2 rings (SSSR count). The number of anilines is 1. The predicted octanol–water partition coefficient (Wildman–Crippen LogP) is 2.33. The van der Waals surface area contributed by atoms with Crippen LogP contribution in [-0.2, 0) is 24.3 Å². The summed E-state index contributed by atoms with van der Waals surface area (Å²) < 4.78 is 41.2. The SMILES string of the molecule is COc1ccccc1N(CC(=O)N/N=C\c1ccc(OCC(=O)OC(C)(C)C)cc1)S(C)(=O)=O. The first-order chi connectivity index (χ1) is 15.9. The number of methoxy groups -OCH3 is 1. The monoisotopic (exact) mass is 491 g/mol. The average Bonchev–Trinajstić information content (AvgIpc) is 2.75. The molecule has 0 aliphatic carbocycles. The molecule has 1 N–H and O–H groups in total. The number of amides is 1. The third-order valence-corrected chi connectivity index (χ3v) is 5.23. The maximum atomic E-state index is 12.3. The summed E-state index contributed by atoms with van der Waals surface area (Å²) in [4.78, 5) is 24.0. The molecule has 0 atom stereocenters. The molecule has 184 valence electrons. The van der Waals surface area contributed by atoms with Gasteiger partial charge in [-0.25, -0.2) is 18.6 Å². The van der Waals surface area contributed by atoms with E-state index in [1.807, 2.05) is 0 Å². The number of sulfonamides is 1. The minimum absolute atomic E-state index is 0.218. The molecule has 0 aromatic heterocycles. The molecule has 10 nitrogen and oxygen atoms in total. The van der Waals surface area contributed by atoms with Crippen molar-refractivity contribution in [2.24, 2.45) is 5.10 Å². The third-order valence-electron chi connectivity index (χ3n) is 4.10. The molecule has 0 unspecified atom stereocenters. The van der Waals surface area contributed by atoms with E-state index in [9.17, 15) is 18.0 Å². The van der Waals surface area contributed by atoms with Crippen LogP contribution in [0.2, 0.25) is 0 Å². The Hall–Kier alpha value is -3.60. The van der Waals surface area contributed by atoms with E-state index in [0.717, 1.165) is 10.6 Å². The summed E-state index contributed by atoms with van der Waals surface area (Å²) in [6.07, 6.45) is 2.39. The second-order valence-electron chi connectivity index (χ2n) is 8.18. The number of nitrogens with one attached hydrogen (secondary N) is 1. The van der Waals surface area contributed by atoms with E-state index in [-0.39, 0.29) is 12.3 Å². The highest BCUT2D eigenvalue weighted by Gasteiger charge is 2.23. The van der Waals surface area contributed by atoms with Gasteiger partial charge in [0.1, 0.15) is 23.6 Å². The molecule has 11 heteroatoms. The van der Waals surface area contributed by atoms with Gasteiger partial charge < -0.3 is 14.2 Å². The first-order valence-corrected chi connectivity index (χ1v) is 12.1. The number of carbonyl (C=O) groups is 2. The average molecular weight is 492 g/mol. The van der Waals surface area contributed by atoms with E-state index >= 15 is 0 Å². The van der Waals surface area contributed by atoms with Gasteiger partial charge >= 0.3 is 5.97 Å². The van der Waals surface area contributed by atoms with E-state index in [1.165, 1.54) is 13.3 Å². The van der Waals surface area contributed by atoms with E-state index in [0.29, 0.717) is 17.1 Å². The number of ether oxygens (including phenoxy) is 3. The zero-order valence-electron chi connectivity index (χ0n) is 19.8. The molecule has 0 saturated heterocycles. The fourth-order valence-electron chi connectivity index (χ4n) is 2.72. The molecule has 0 heterocycles. The summed E-state index contributed by atoms with van der Waals surface area (Å²) >= 11 is 0. The number of benzene rings is 2. The second kappa shape index (κ2) is 11.5. The van der Waals surface area contributed by atoms with Gasteiger partial charge in [0.25, 0.3) is 5.91 Å². The lowest BCUT2D eigenvalue weighted by molar-refractivity contribution is -0.157. The highest BCUT2D eigenvalue weighted by atomic mass is 32.2. The molecule has 2 aromatic carbocycles. The maximum absolute atomic E-state index is 12.3. The van der Waals surface area contributed by atoms with Crippen molar-refractivity contribution in [3.63, 3.8) is 0 Å². The van der Waals surface area contributed by atoms with Crippen LogP contribution < -0.4 is 19.2 Å². The van der Waals surface area contributed by atoms with Crippen molar-refractivity contribution in [2.75, 3.05) is 30.8 Å². The van der Waals surface area contributed by atoms with Crippen LogP contribution in [0, 0.1) is 0 Å². The molecule has 1 amide bonds. The van der Waals surface area contributed by atoms with Gasteiger partial charge in [-0.1, -0.05) is 12.1 Å². The smallest absolute Gasteiger partial charge is 0.344 e. The summed E-state index contributed by atoms with van der Waals surface area (Å²) in [7, 11) is -2.34. The van der Waals surface area contributed by atoms with Crippen molar-refractivity contribution in [1.29, 1.82) is 0 Å². The standard InChI is InChI=1S/C23H29N3O7S/c1-23(2,3)33-22(28)16-32-18-12-10-17(11-13-18)14-24-25-21(27)15-26(34(5,29)30)19-8-6-7-9-20(19)31-4/h6-14H,15-16H2,1-5H3,(H,25,27)/b24-14-. The first kappa shape index (κ1) is 26.7. The number of nitrogens with zero attached hydrogens (tertiary/aromatic N) is 2. The second-order valence-corrected chi connectivity index (χ2v) is 10.1. The molecule has 0 aliphatic heterocycles. The Morgan fingerprint density at radius 2 is 1.74 bits per heavy atom. The summed E-state index contributed by atoms with van der Waals surface area (Å²) in [6.45, 7) is 4.62. The number of rotatable bonds is 10. The van der Waals surface area contributed by atoms with Gasteiger partial charge in [-0.2, -0.15) is 5.10 Å². The fraction of sp³-hybridized carbons (Fsp3) is 0.348. The number of carbonyl (C=O) groups excluding carboxylic acids is 2. The quantitative estimate of drug-likeness (QED) is 0.307. The summed E-state index contributed by atoms with van der Waals surface area (Å²) in [5.41, 5.74) is 2.61. The van der Waals surface area contributed by atoms with Crippen LogP contribution in [0.15, 0.2) is 53.6 Å². The number of esters is 1. The Bertz CT molecular complexity index is 1120. The van der Waals surface area contributed by atoms with Crippen molar-refractivity contribution in [3.05, 3.63) is 54.1 Å². The Kier molecular flexibility index (Phi) is 9.02. The fourth-order valence-corrected chi connectivity index (χ4v) is 3.58. The van der Waals surface area contributed by atoms with Crippen LogP contribution >= 0.6 is 0 Å². The lowest BCUT2D eigenvalue weighted by Gasteiger charge is -2.23. The molecule has 0 bridgehead atoms. The summed E-state index contributed by atoms with van der Waals surface area (Å²) in [5.74, 6) is -0.326. The van der Waals surface area contributed by atoms with E-state index in [1.54, 1.807) is 69.3 Å². The summed E-state index contributed by atoms with van der Waals surface area (Å²) in [5, 5.41) is 3.86. The van der Waals surface area contributed by atoms with Crippen molar-refractivity contribution >= 4 is 33.8 Å². The Labute approximate surface area is 199 Å². The molecule has 0 radical (unpaired) electrons. The van der Waals surface area contributed by atoms with Crippen LogP contribution in [0.25, 0.3) is 0 Å². The van der Waals surface area contributed by atoms with Crippen molar-refractivity contribution in [3.8, 4) is 11.5 Å². The van der Waals surface area contributed by atoms with Gasteiger partial charge in [0.2, 0.25) is 10.0 Å². The Morgan fingerprint density at radius 3 is 2.32 bits per heavy atom. The molecule has 34 heavy (non-hydrogen) atoms. The van der Waals surface area contributed by atoms with Crippen LogP contribution in [-0.4, -0.2) is 58.6 Å². The lowest BCUT2D eigenvalue weighted by atomic mass is 10.2. The minimum Gasteiger partial charge on any atom is -0.495 e. The van der Waals surface area contributed by atoms with Gasteiger partial charge in [-0.3, -0.25) is 9.10 Å². The number of hydrazone groups is 1. The molecular weight excluding hydrogens is 462 g/mol. The number of hydrogen-bond acceptors (Lipinski definition) is 8. The van der Waals surface area contributed by atoms with Crippen LogP contribution in [0.1, 0.15) is 26.3 Å². The zero-order valence-corrected chi connectivity index (χ0v) is 20.6. The normalized spacial score (nSPS) is 11.7. The highest BCUT2D eigenvalue weighted by molar-refractivity contribution is 7.92. The number of para-hydroxylation sites is 2. The van der Waals surface area contributed by atoms with Crippen LogP contribution in [0.4, 0.5) is 5.69 Å². The third kappa shape index (κ3) is 8.74. The van der Waals surface area contributed by atoms with Crippen molar-refractivity contribution in [2.45, 2.75) is 26.4 Å². The van der Waals surface area contributed by atoms with Crippen molar-refractivity contribution in [1.82, 2.24) is 5.43 Å². The highest BCUT2D eigenvalue weighted by Crippen LogP contribution is 2.29. The molecule has 0 spiro atoms. The molecule has 0 aliphatic rings. The van der Waals surface area contributed by atoms with Crippen molar-refractivity contribution < 1.29 is 32.2 Å².